The molecule has 0 bridgehead atoms. The Kier molecular flexibility index (Phi) is 8.07. The van der Waals surface area contributed by atoms with Crippen LogP contribution in [-0.2, 0) is 35.3 Å². The van der Waals surface area contributed by atoms with Gasteiger partial charge in [-0.3, -0.25) is 9.59 Å². The van der Waals surface area contributed by atoms with E-state index in [1.54, 1.807) is 0 Å². The Bertz CT molecular complexity index is 1350. The van der Waals surface area contributed by atoms with Crippen molar-refractivity contribution in [2.75, 3.05) is 0 Å². The molecule has 0 aromatic heterocycles. The summed E-state index contributed by atoms with van der Waals surface area (Å²) in [7, 11) is 0. The molecule has 0 spiro atoms. The lowest BCUT2D eigenvalue weighted by atomic mass is 9.74. The smallest absolute Gasteiger partial charge is 0.195 e. The fourth-order valence-electron chi connectivity index (χ4n) is 5.43. The van der Waals surface area contributed by atoms with Gasteiger partial charge in [-0.25, -0.2) is 0 Å². The first-order chi connectivity index (χ1) is 19.5. The normalized spacial score (nSPS) is 13.8. The number of Topliss-reactive ketones (excluding diaryl/α,β-unsaturated/α-hetero) is 2. The topological polar surface area (TPSA) is 34.1 Å². The molecule has 0 fully saturated rings. The van der Waals surface area contributed by atoms with Crippen molar-refractivity contribution < 1.29 is 9.59 Å². The quantitative estimate of drug-likeness (QED) is 0.216. The van der Waals surface area contributed by atoms with Crippen LogP contribution >= 0.6 is 0 Å². The van der Waals surface area contributed by atoms with Gasteiger partial charge in [0.2, 0.25) is 0 Å². The van der Waals surface area contributed by atoms with Crippen LogP contribution in [0.3, 0.4) is 0 Å². The Labute approximate surface area is 238 Å². The molecule has 0 saturated heterocycles. The second-order valence-corrected chi connectivity index (χ2v) is 10.4. The van der Waals surface area contributed by atoms with Crippen LogP contribution in [0.2, 0.25) is 0 Å². The second-order valence-electron chi connectivity index (χ2n) is 10.4. The first-order valence-corrected chi connectivity index (χ1v) is 14.4. The van der Waals surface area contributed by atoms with E-state index >= 15 is 0 Å². The van der Waals surface area contributed by atoms with Crippen LogP contribution < -0.4 is 0 Å². The number of rotatable bonds is 8. The Morgan fingerprint density at radius 3 is 0.650 bits per heavy atom. The molecule has 4 aromatic rings. The number of allylic oxidation sites excluding steroid dienone is 4. The zero-order chi connectivity index (χ0) is 28.2. The van der Waals surface area contributed by atoms with Crippen LogP contribution in [0.5, 0.6) is 0 Å². The highest BCUT2D eigenvalue weighted by Crippen LogP contribution is 2.44. The summed E-state index contributed by atoms with van der Waals surface area (Å²) < 4.78 is 0. The number of aryl methyl sites for hydroxylation is 4. The Morgan fingerprint density at radius 2 is 0.500 bits per heavy atom. The summed E-state index contributed by atoms with van der Waals surface area (Å²) in [6.45, 7) is 8.45. The minimum atomic E-state index is -0.114. The van der Waals surface area contributed by atoms with Crippen molar-refractivity contribution in [1.29, 1.82) is 0 Å². The Balaban J connectivity index is 1.80. The number of benzene rings is 4. The van der Waals surface area contributed by atoms with Crippen LogP contribution in [0.4, 0.5) is 0 Å². The summed E-state index contributed by atoms with van der Waals surface area (Å²) in [5, 5.41) is 0. The zero-order valence-electron chi connectivity index (χ0n) is 23.9. The molecule has 0 unspecified atom stereocenters. The van der Waals surface area contributed by atoms with E-state index < -0.39 is 0 Å². The summed E-state index contributed by atoms with van der Waals surface area (Å²) in [5.74, 6) is -0.227. The number of hydrogen-bond donors (Lipinski definition) is 0. The van der Waals surface area contributed by atoms with Gasteiger partial charge in [-0.05, 0) is 70.2 Å². The monoisotopic (exact) mass is 524 g/mol. The third-order valence-corrected chi connectivity index (χ3v) is 8.01. The predicted molar refractivity (Wildman–Crippen MR) is 167 cm³/mol. The van der Waals surface area contributed by atoms with Gasteiger partial charge >= 0.3 is 0 Å². The maximum Gasteiger partial charge on any atom is 0.195 e. The highest BCUT2D eigenvalue weighted by atomic mass is 16.1. The predicted octanol–water partition coefficient (Wildman–Crippen LogP) is 8.61. The van der Waals surface area contributed by atoms with Crippen LogP contribution in [0, 0.1) is 0 Å². The molecule has 1 aliphatic rings. The molecule has 0 radical (unpaired) electrons. The molecule has 200 valence electrons. The van der Waals surface area contributed by atoms with Gasteiger partial charge in [0, 0.05) is 22.3 Å². The molecular formula is C38H36O2. The van der Waals surface area contributed by atoms with E-state index in [9.17, 15) is 9.59 Å². The highest BCUT2D eigenvalue weighted by molar-refractivity contribution is 6.66. The lowest BCUT2D eigenvalue weighted by Gasteiger charge is -2.25. The van der Waals surface area contributed by atoms with Gasteiger partial charge in [0.25, 0.3) is 0 Å². The first kappa shape index (κ1) is 27.3. The van der Waals surface area contributed by atoms with E-state index in [-0.39, 0.29) is 11.6 Å². The van der Waals surface area contributed by atoms with E-state index in [0.29, 0.717) is 22.3 Å². The molecule has 0 N–H and O–H groups in total. The van der Waals surface area contributed by atoms with Gasteiger partial charge < -0.3 is 0 Å². The van der Waals surface area contributed by atoms with E-state index in [1.807, 2.05) is 48.5 Å². The maximum atomic E-state index is 14.7. The Morgan fingerprint density at radius 1 is 0.325 bits per heavy atom. The third-order valence-electron chi connectivity index (χ3n) is 8.01. The van der Waals surface area contributed by atoms with Crippen molar-refractivity contribution in [3.05, 3.63) is 142 Å². The van der Waals surface area contributed by atoms with Gasteiger partial charge in [-0.2, -0.15) is 0 Å². The van der Waals surface area contributed by atoms with E-state index in [2.05, 4.69) is 76.2 Å². The molecule has 40 heavy (non-hydrogen) atoms. The first-order valence-electron chi connectivity index (χ1n) is 14.4. The zero-order valence-corrected chi connectivity index (χ0v) is 23.9. The van der Waals surface area contributed by atoms with Crippen molar-refractivity contribution in [1.82, 2.24) is 0 Å². The molecule has 0 saturated carbocycles. The van der Waals surface area contributed by atoms with Gasteiger partial charge in [-0.1, -0.05) is 125 Å². The summed E-state index contributed by atoms with van der Waals surface area (Å²) in [6.07, 6.45) is 3.63. The Hall–Kier alpha value is -4.30. The van der Waals surface area contributed by atoms with Gasteiger partial charge in [-0.15, -0.1) is 0 Å². The fourth-order valence-corrected chi connectivity index (χ4v) is 5.43. The van der Waals surface area contributed by atoms with Crippen molar-refractivity contribution in [3.8, 4) is 0 Å². The summed E-state index contributed by atoms with van der Waals surface area (Å²) in [6, 6.07) is 32.3. The largest absolute Gasteiger partial charge is 0.289 e. The molecule has 2 heteroatoms. The van der Waals surface area contributed by atoms with Crippen LogP contribution in [0.25, 0.3) is 22.3 Å². The van der Waals surface area contributed by atoms with Gasteiger partial charge in [0.15, 0.2) is 11.6 Å². The summed E-state index contributed by atoms with van der Waals surface area (Å²) in [5.41, 5.74) is 9.74. The van der Waals surface area contributed by atoms with Gasteiger partial charge in [0.1, 0.15) is 0 Å². The maximum absolute atomic E-state index is 14.7. The van der Waals surface area contributed by atoms with E-state index in [4.69, 9.17) is 0 Å². The molecule has 0 amide bonds. The second kappa shape index (κ2) is 11.8. The number of carbonyl (C=O) groups is 2. The molecule has 5 rings (SSSR count). The van der Waals surface area contributed by atoms with Crippen molar-refractivity contribution in [3.63, 3.8) is 0 Å². The summed E-state index contributed by atoms with van der Waals surface area (Å²) in [4.78, 5) is 29.5. The van der Waals surface area contributed by atoms with Crippen molar-refractivity contribution >= 4 is 33.9 Å². The molecule has 0 atom stereocenters. The lowest BCUT2D eigenvalue weighted by Crippen LogP contribution is -2.22. The van der Waals surface area contributed by atoms with E-state index in [0.717, 1.165) is 47.9 Å². The van der Waals surface area contributed by atoms with Crippen LogP contribution in [0.1, 0.15) is 72.2 Å². The fraction of sp³-hybridized carbons (Fsp3) is 0.211. The highest BCUT2D eigenvalue weighted by Gasteiger charge is 2.37. The minimum absolute atomic E-state index is 0.114. The lowest BCUT2D eigenvalue weighted by molar-refractivity contribution is -0.111. The van der Waals surface area contributed by atoms with Crippen molar-refractivity contribution in [2.45, 2.75) is 53.4 Å². The number of hydrogen-bond acceptors (Lipinski definition) is 2. The molecule has 0 aliphatic heterocycles. The molecule has 2 nitrogen and oxygen atoms in total. The average molecular weight is 525 g/mol. The standard InChI is InChI=1S/C38H36O2/c1-5-25-9-17-29(18-10-25)33-34(30-19-11-26(6-2)12-20-30)38(40)36(32-23-15-28(8-4)16-24-32)35(37(33)39)31-21-13-27(7-3)14-22-31/h9-24H,5-8H2,1-4H3. The average Bonchev–Trinajstić information content (AvgIpc) is 3.02. The van der Waals surface area contributed by atoms with Crippen LogP contribution in [-0.4, -0.2) is 11.6 Å². The third kappa shape index (κ3) is 5.14. The van der Waals surface area contributed by atoms with Crippen LogP contribution in [0.15, 0.2) is 97.1 Å². The number of carbonyl (C=O) groups excluding carboxylic acids is 2. The molecule has 1 aliphatic carbocycles. The number of ketones is 2. The van der Waals surface area contributed by atoms with E-state index in [1.165, 1.54) is 22.3 Å². The van der Waals surface area contributed by atoms with Gasteiger partial charge in [0.05, 0.1) is 0 Å². The molecular weight excluding hydrogens is 488 g/mol. The molecule has 0 heterocycles. The SMILES string of the molecule is CCc1ccc(C2=C(c3ccc(CC)cc3)C(=O)C(c3ccc(CC)cc3)=C(c3ccc(CC)cc3)C2=O)cc1. The van der Waals surface area contributed by atoms with Crippen molar-refractivity contribution in [2.24, 2.45) is 0 Å². The molecule has 4 aromatic carbocycles. The minimum Gasteiger partial charge on any atom is -0.289 e. The summed E-state index contributed by atoms with van der Waals surface area (Å²) >= 11 is 0.